The van der Waals surface area contributed by atoms with Gasteiger partial charge in [-0.3, -0.25) is 5.41 Å². The number of amidine groups is 1. The van der Waals surface area contributed by atoms with Gasteiger partial charge >= 0.3 is 0 Å². The van der Waals surface area contributed by atoms with Crippen molar-refractivity contribution in [3.8, 4) is 0 Å². The van der Waals surface area contributed by atoms with E-state index in [4.69, 9.17) is 5.41 Å². The van der Waals surface area contributed by atoms with Crippen LogP contribution in [0.4, 0.5) is 0 Å². The third-order valence-corrected chi connectivity index (χ3v) is 3.47. The molecule has 1 fully saturated rings. The molecule has 1 saturated heterocycles. The Morgan fingerprint density at radius 2 is 2.00 bits per heavy atom. The average molecular weight is 230 g/mol. The molecular formula is C15H22N2. The van der Waals surface area contributed by atoms with E-state index in [2.05, 4.69) is 35.6 Å². The second kappa shape index (κ2) is 6.43. The van der Waals surface area contributed by atoms with Crippen molar-refractivity contribution in [1.29, 1.82) is 5.41 Å². The molecule has 0 radical (unpaired) electrons. The van der Waals surface area contributed by atoms with Crippen LogP contribution >= 0.6 is 0 Å². The van der Waals surface area contributed by atoms with E-state index in [1.54, 1.807) is 0 Å². The topological polar surface area (TPSA) is 35.9 Å². The summed E-state index contributed by atoms with van der Waals surface area (Å²) in [5.74, 6) is 0.743. The summed E-state index contributed by atoms with van der Waals surface area (Å²) < 4.78 is 0. The van der Waals surface area contributed by atoms with Gasteiger partial charge in [-0.1, -0.05) is 36.8 Å². The monoisotopic (exact) mass is 230 g/mol. The lowest BCUT2D eigenvalue weighted by Crippen LogP contribution is -2.32. The van der Waals surface area contributed by atoms with Crippen molar-refractivity contribution in [1.82, 2.24) is 5.32 Å². The standard InChI is InChI=1S/C15H22N2/c16-15-12-5-4-10-14(17-15)11-6-9-13-7-2-1-3-8-13/h1-3,7-8,14H,4-6,9-12H2,(H2,16,17). The van der Waals surface area contributed by atoms with Gasteiger partial charge in [0.05, 0.1) is 5.84 Å². The molecule has 1 heterocycles. The molecule has 2 N–H and O–H groups in total. The summed E-state index contributed by atoms with van der Waals surface area (Å²) >= 11 is 0. The Balaban J connectivity index is 1.72. The van der Waals surface area contributed by atoms with Crippen LogP contribution in [0.5, 0.6) is 0 Å². The first-order valence-electron chi connectivity index (χ1n) is 6.72. The van der Waals surface area contributed by atoms with E-state index in [1.165, 1.54) is 37.7 Å². The van der Waals surface area contributed by atoms with Crippen LogP contribution in [0.3, 0.4) is 0 Å². The molecule has 1 aliphatic heterocycles. The van der Waals surface area contributed by atoms with Gasteiger partial charge in [0.25, 0.3) is 0 Å². The van der Waals surface area contributed by atoms with Crippen LogP contribution in [0.15, 0.2) is 30.3 Å². The Kier molecular flexibility index (Phi) is 4.60. The van der Waals surface area contributed by atoms with Crippen LogP contribution in [-0.4, -0.2) is 11.9 Å². The van der Waals surface area contributed by atoms with E-state index in [0.717, 1.165) is 18.7 Å². The lowest BCUT2D eigenvalue weighted by molar-refractivity contribution is 0.499. The van der Waals surface area contributed by atoms with Gasteiger partial charge in [-0.05, 0) is 37.7 Å². The second-order valence-electron chi connectivity index (χ2n) is 4.94. The number of nitrogens with one attached hydrogen (secondary N) is 2. The van der Waals surface area contributed by atoms with E-state index in [1.807, 2.05) is 0 Å². The number of aryl methyl sites for hydroxylation is 1. The van der Waals surface area contributed by atoms with Crippen LogP contribution < -0.4 is 5.32 Å². The molecule has 1 atom stereocenters. The SMILES string of the molecule is N=C1CCCCC(CCCc2ccccc2)N1. The van der Waals surface area contributed by atoms with Gasteiger partial charge in [0.1, 0.15) is 0 Å². The largest absolute Gasteiger partial charge is 0.371 e. The normalized spacial score (nSPS) is 20.7. The molecule has 1 aromatic carbocycles. The maximum atomic E-state index is 7.75. The molecule has 2 rings (SSSR count). The lowest BCUT2D eigenvalue weighted by Gasteiger charge is -2.16. The van der Waals surface area contributed by atoms with E-state index in [9.17, 15) is 0 Å². The molecule has 2 nitrogen and oxygen atoms in total. The van der Waals surface area contributed by atoms with E-state index in [0.29, 0.717) is 6.04 Å². The summed E-state index contributed by atoms with van der Waals surface area (Å²) in [7, 11) is 0. The Morgan fingerprint density at radius 1 is 1.18 bits per heavy atom. The van der Waals surface area contributed by atoms with Crippen molar-refractivity contribution in [2.75, 3.05) is 0 Å². The molecule has 0 amide bonds. The molecule has 2 heteroatoms. The molecule has 1 aliphatic rings. The van der Waals surface area contributed by atoms with E-state index in [-0.39, 0.29) is 0 Å². The summed E-state index contributed by atoms with van der Waals surface area (Å²) in [6.45, 7) is 0. The summed E-state index contributed by atoms with van der Waals surface area (Å²) in [4.78, 5) is 0. The van der Waals surface area contributed by atoms with Gasteiger partial charge < -0.3 is 5.32 Å². The first kappa shape index (κ1) is 12.2. The molecule has 0 aliphatic carbocycles. The van der Waals surface area contributed by atoms with Crippen molar-refractivity contribution < 1.29 is 0 Å². The van der Waals surface area contributed by atoms with Crippen molar-refractivity contribution in [3.05, 3.63) is 35.9 Å². The first-order chi connectivity index (χ1) is 8.34. The smallest absolute Gasteiger partial charge is 0.0933 e. The molecule has 92 valence electrons. The maximum absolute atomic E-state index is 7.75. The highest BCUT2D eigenvalue weighted by Gasteiger charge is 2.13. The Morgan fingerprint density at radius 3 is 2.82 bits per heavy atom. The van der Waals surface area contributed by atoms with Gasteiger partial charge in [-0.15, -0.1) is 0 Å². The highest BCUT2D eigenvalue weighted by atomic mass is 15.0. The Labute approximate surface area is 104 Å². The quantitative estimate of drug-likeness (QED) is 0.815. The van der Waals surface area contributed by atoms with Gasteiger partial charge in [0.2, 0.25) is 0 Å². The van der Waals surface area contributed by atoms with E-state index >= 15 is 0 Å². The van der Waals surface area contributed by atoms with Crippen molar-refractivity contribution in [3.63, 3.8) is 0 Å². The predicted molar refractivity (Wildman–Crippen MR) is 72.5 cm³/mol. The molecule has 0 saturated carbocycles. The average Bonchev–Trinajstić information content (AvgIpc) is 2.55. The predicted octanol–water partition coefficient (Wildman–Crippen LogP) is 3.52. The first-order valence-corrected chi connectivity index (χ1v) is 6.72. The van der Waals surface area contributed by atoms with Crippen molar-refractivity contribution >= 4 is 5.84 Å². The van der Waals surface area contributed by atoms with Crippen LogP contribution in [0.2, 0.25) is 0 Å². The zero-order valence-corrected chi connectivity index (χ0v) is 10.4. The number of hydrogen-bond donors (Lipinski definition) is 2. The lowest BCUT2D eigenvalue weighted by atomic mass is 10.0. The van der Waals surface area contributed by atoms with Gasteiger partial charge in [-0.2, -0.15) is 0 Å². The molecule has 0 bridgehead atoms. The number of hydrogen-bond acceptors (Lipinski definition) is 1. The highest BCUT2D eigenvalue weighted by molar-refractivity contribution is 5.79. The molecule has 1 aromatic rings. The van der Waals surface area contributed by atoms with Gasteiger partial charge in [0, 0.05) is 12.5 Å². The minimum atomic E-state index is 0.536. The fraction of sp³-hybridized carbons (Fsp3) is 0.533. The Hall–Kier alpha value is -1.31. The Bertz CT molecular complexity index is 345. The number of benzene rings is 1. The fourth-order valence-electron chi connectivity index (χ4n) is 2.50. The van der Waals surface area contributed by atoms with Crippen molar-refractivity contribution in [2.45, 2.75) is 51.0 Å². The van der Waals surface area contributed by atoms with Crippen molar-refractivity contribution in [2.24, 2.45) is 0 Å². The highest BCUT2D eigenvalue weighted by Crippen LogP contribution is 2.14. The zero-order chi connectivity index (χ0) is 11.9. The maximum Gasteiger partial charge on any atom is 0.0933 e. The second-order valence-corrected chi connectivity index (χ2v) is 4.94. The van der Waals surface area contributed by atoms with Crippen LogP contribution in [-0.2, 0) is 6.42 Å². The summed E-state index contributed by atoms with van der Waals surface area (Å²) in [5, 5.41) is 11.1. The van der Waals surface area contributed by atoms with Gasteiger partial charge in [-0.25, -0.2) is 0 Å². The molecule has 17 heavy (non-hydrogen) atoms. The third kappa shape index (κ3) is 4.22. The molecular weight excluding hydrogens is 208 g/mol. The third-order valence-electron chi connectivity index (χ3n) is 3.47. The molecule has 0 spiro atoms. The van der Waals surface area contributed by atoms with Crippen LogP contribution in [0.1, 0.15) is 44.1 Å². The fourth-order valence-corrected chi connectivity index (χ4v) is 2.50. The number of rotatable bonds is 4. The van der Waals surface area contributed by atoms with E-state index < -0.39 is 0 Å². The van der Waals surface area contributed by atoms with Crippen LogP contribution in [0.25, 0.3) is 0 Å². The zero-order valence-electron chi connectivity index (χ0n) is 10.4. The molecule has 1 unspecified atom stereocenters. The van der Waals surface area contributed by atoms with Crippen LogP contribution in [0, 0.1) is 5.41 Å². The summed E-state index contributed by atoms with van der Waals surface area (Å²) in [6, 6.07) is 11.2. The summed E-state index contributed by atoms with van der Waals surface area (Å²) in [6.07, 6.45) is 8.19. The minimum absolute atomic E-state index is 0.536. The van der Waals surface area contributed by atoms with Gasteiger partial charge in [0.15, 0.2) is 0 Å². The minimum Gasteiger partial charge on any atom is -0.371 e. The summed E-state index contributed by atoms with van der Waals surface area (Å²) in [5.41, 5.74) is 1.43. The molecule has 0 aromatic heterocycles.